The summed E-state index contributed by atoms with van der Waals surface area (Å²) >= 11 is 0. The molecule has 1 aliphatic rings. The molecule has 0 radical (unpaired) electrons. The minimum absolute atomic E-state index is 0.0238. The van der Waals surface area contributed by atoms with Gasteiger partial charge < -0.3 is 23.7 Å². The molecule has 0 saturated carbocycles. The largest absolute Gasteiger partial charge is 0.462 e. The summed E-state index contributed by atoms with van der Waals surface area (Å²) in [5, 5.41) is 0. The molecule has 1 unspecified atom stereocenters. The lowest BCUT2D eigenvalue weighted by Crippen LogP contribution is -2.41. The standard InChI is InChI=1S/C41H80N2O7/c1-7-9-11-13-15-17-19-21-23-25-27-29-31-46-39-36(35-48-37(44)33-42(3)4)49-41(50-38(45)34-43(5)6)40(39)47-32-30-28-26-24-22-20-18-16-14-12-10-8-2/h36,39-41H,7-35H2,1-6H3/t36-,39?,40+,41+/m1/s1. The lowest BCUT2D eigenvalue weighted by atomic mass is 10.1. The quantitative estimate of drug-likeness (QED) is 0.0472. The smallest absolute Gasteiger partial charge is 0.322 e. The number of likely N-dealkylation sites (N-methyl/N-ethyl adjacent to an activating group) is 2. The van der Waals surface area contributed by atoms with Crippen LogP contribution >= 0.6 is 0 Å². The van der Waals surface area contributed by atoms with Crippen molar-refractivity contribution in [3.63, 3.8) is 0 Å². The molecule has 0 spiro atoms. The number of carbonyl (C=O) groups excluding carboxylic acids is 2. The number of carbonyl (C=O) groups is 2. The van der Waals surface area contributed by atoms with Gasteiger partial charge in [-0.2, -0.15) is 0 Å². The van der Waals surface area contributed by atoms with E-state index in [9.17, 15) is 9.59 Å². The molecule has 0 aromatic rings. The van der Waals surface area contributed by atoms with Gasteiger partial charge in [0, 0.05) is 13.2 Å². The van der Waals surface area contributed by atoms with Crippen LogP contribution in [0.25, 0.3) is 0 Å². The van der Waals surface area contributed by atoms with Crippen molar-refractivity contribution in [3.8, 4) is 0 Å². The lowest BCUT2D eigenvalue weighted by Gasteiger charge is -2.25. The van der Waals surface area contributed by atoms with E-state index in [1.807, 2.05) is 28.2 Å². The molecule has 1 rings (SSSR count). The third-order valence-corrected chi connectivity index (χ3v) is 9.43. The van der Waals surface area contributed by atoms with Crippen molar-refractivity contribution < 1.29 is 33.3 Å². The first-order valence-electron chi connectivity index (χ1n) is 20.8. The first-order chi connectivity index (χ1) is 24.3. The van der Waals surface area contributed by atoms with E-state index in [0.29, 0.717) is 13.2 Å². The van der Waals surface area contributed by atoms with Crippen molar-refractivity contribution in [3.05, 3.63) is 0 Å². The number of rotatable bonds is 35. The number of hydrogen-bond acceptors (Lipinski definition) is 9. The maximum absolute atomic E-state index is 12.7. The fourth-order valence-electron chi connectivity index (χ4n) is 6.53. The number of hydrogen-bond donors (Lipinski definition) is 0. The van der Waals surface area contributed by atoms with E-state index < -0.39 is 24.6 Å². The van der Waals surface area contributed by atoms with Gasteiger partial charge in [-0.05, 0) is 41.0 Å². The van der Waals surface area contributed by atoms with Crippen molar-refractivity contribution in [2.45, 2.75) is 193 Å². The molecular formula is C41H80N2O7. The van der Waals surface area contributed by atoms with Gasteiger partial charge in [-0.1, -0.05) is 155 Å². The Bertz CT molecular complexity index is 797. The highest BCUT2D eigenvalue weighted by molar-refractivity contribution is 5.72. The van der Waals surface area contributed by atoms with Crippen LogP contribution in [0, 0.1) is 0 Å². The van der Waals surface area contributed by atoms with Crippen LogP contribution < -0.4 is 0 Å². The van der Waals surface area contributed by atoms with Crippen LogP contribution in [0.3, 0.4) is 0 Å². The van der Waals surface area contributed by atoms with E-state index in [1.54, 1.807) is 9.80 Å². The maximum atomic E-state index is 12.7. The first-order valence-corrected chi connectivity index (χ1v) is 20.8. The van der Waals surface area contributed by atoms with Crippen LogP contribution in [0.5, 0.6) is 0 Å². The molecule has 9 nitrogen and oxygen atoms in total. The second-order valence-electron chi connectivity index (χ2n) is 15.1. The van der Waals surface area contributed by atoms with Crippen LogP contribution in [0.2, 0.25) is 0 Å². The average molecular weight is 713 g/mol. The SMILES string of the molecule is CCCCCCCCCCCCCCOC1[C@@H](COC(=O)CN(C)C)O[C@@H](OC(=O)CN(C)C)[C@H]1OCCCCCCCCCCCCCC. The average Bonchev–Trinajstić information content (AvgIpc) is 3.38. The Hall–Kier alpha value is -1.26. The molecule has 9 heteroatoms. The van der Waals surface area contributed by atoms with Crippen LogP contribution in [-0.2, 0) is 33.3 Å². The van der Waals surface area contributed by atoms with Crippen LogP contribution in [0.1, 0.15) is 168 Å². The van der Waals surface area contributed by atoms with Gasteiger partial charge in [-0.3, -0.25) is 19.4 Å². The van der Waals surface area contributed by atoms with Crippen LogP contribution in [0.4, 0.5) is 0 Å². The zero-order valence-corrected chi connectivity index (χ0v) is 33.6. The lowest BCUT2D eigenvalue weighted by molar-refractivity contribution is -0.197. The van der Waals surface area contributed by atoms with Gasteiger partial charge in [0.25, 0.3) is 0 Å². The zero-order chi connectivity index (χ0) is 36.7. The van der Waals surface area contributed by atoms with E-state index in [-0.39, 0.29) is 31.6 Å². The van der Waals surface area contributed by atoms with Crippen molar-refractivity contribution in [2.24, 2.45) is 0 Å². The summed E-state index contributed by atoms with van der Waals surface area (Å²) in [7, 11) is 7.30. The van der Waals surface area contributed by atoms with E-state index in [1.165, 1.54) is 128 Å². The summed E-state index contributed by atoms with van der Waals surface area (Å²) in [5.74, 6) is -0.718. The topological polar surface area (TPSA) is 86.8 Å². The van der Waals surface area contributed by atoms with E-state index in [0.717, 1.165) is 25.7 Å². The molecule has 0 amide bonds. The number of nitrogens with zero attached hydrogens (tertiary/aromatic N) is 2. The number of ether oxygens (including phenoxy) is 5. The van der Waals surface area contributed by atoms with Crippen molar-refractivity contribution in [1.82, 2.24) is 9.80 Å². The van der Waals surface area contributed by atoms with E-state index >= 15 is 0 Å². The molecule has 0 bridgehead atoms. The summed E-state index contributed by atoms with van der Waals surface area (Å²) in [6.45, 7) is 5.97. The minimum atomic E-state index is -0.913. The summed E-state index contributed by atoms with van der Waals surface area (Å²) in [6.07, 6.45) is 28.0. The van der Waals surface area contributed by atoms with Gasteiger partial charge in [0.05, 0.1) is 13.1 Å². The first kappa shape index (κ1) is 46.8. The zero-order valence-electron chi connectivity index (χ0n) is 33.6. The van der Waals surface area contributed by atoms with Crippen LogP contribution in [0.15, 0.2) is 0 Å². The van der Waals surface area contributed by atoms with Gasteiger partial charge in [0.15, 0.2) is 0 Å². The van der Waals surface area contributed by atoms with E-state index in [2.05, 4.69) is 13.8 Å². The molecule has 296 valence electrons. The summed E-state index contributed by atoms with van der Waals surface area (Å²) in [5.41, 5.74) is 0. The Labute approximate surface area is 308 Å². The predicted octanol–water partition coefficient (Wildman–Crippen LogP) is 9.09. The molecular weight excluding hydrogens is 632 g/mol. The highest BCUT2D eigenvalue weighted by Crippen LogP contribution is 2.29. The normalized spacial score (nSPS) is 19.1. The maximum Gasteiger partial charge on any atom is 0.322 e. The third kappa shape index (κ3) is 25.7. The van der Waals surface area contributed by atoms with Crippen molar-refractivity contribution >= 4 is 11.9 Å². The summed E-state index contributed by atoms with van der Waals surface area (Å²) < 4.78 is 30.4. The van der Waals surface area contributed by atoms with Crippen molar-refractivity contribution in [1.29, 1.82) is 0 Å². The number of unbranched alkanes of at least 4 members (excludes halogenated alkanes) is 22. The molecule has 0 N–H and O–H groups in total. The Morgan fingerprint density at radius 3 is 1.26 bits per heavy atom. The molecule has 4 atom stereocenters. The predicted molar refractivity (Wildman–Crippen MR) is 204 cm³/mol. The molecule has 1 saturated heterocycles. The molecule has 0 aromatic carbocycles. The molecule has 50 heavy (non-hydrogen) atoms. The van der Waals surface area contributed by atoms with Gasteiger partial charge in [0.1, 0.15) is 24.9 Å². The highest BCUT2D eigenvalue weighted by atomic mass is 16.7. The summed E-state index contributed by atoms with van der Waals surface area (Å²) in [6, 6.07) is 0. The highest BCUT2D eigenvalue weighted by Gasteiger charge is 2.49. The monoisotopic (exact) mass is 713 g/mol. The second-order valence-corrected chi connectivity index (χ2v) is 15.1. The van der Waals surface area contributed by atoms with E-state index in [4.69, 9.17) is 23.7 Å². The van der Waals surface area contributed by atoms with Gasteiger partial charge in [-0.25, -0.2) is 0 Å². The summed E-state index contributed by atoms with van der Waals surface area (Å²) in [4.78, 5) is 28.6. The van der Waals surface area contributed by atoms with Crippen LogP contribution in [-0.4, -0.2) is 107 Å². The Morgan fingerprint density at radius 2 is 0.860 bits per heavy atom. The Kier molecular flexibility index (Phi) is 30.3. The molecule has 1 fully saturated rings. The Morgan fingerprint density at radius 1 is 0.500 bits per heavy atom. The fourth-order valence-corrected chi connectivity index (χ4v) is 6.53. The number of esters is 2. The Balaban J connectivity index is 2.61. The minimum Gasteiger partial charge on any atom is -0.462 e. The molecule has 0 aliphatic carbocycles. The molecule has 0 aromatic heterocycles. The second kappa shape index (κ2) is 32.4. The molecule has 1 heterocycles. The van der Waals surface area contributed by atoms with Gasteiger partial charge >= 0.3 is 11.9 Å². The van der Waals surface area contributed by atoms with Gasteiger partial charge in [0.2, 0.25) is 6.29 Å². The van der Waals surface area contributed by atoms with Crippen molar-refractivity contribution in [2.75, 3.05) is 61.1 Å². The third-order valence-electron chi connectivity index (χ3n) is 9.43. The van der Waals surface area contributed by atoms with Gasteiger partial charge in [-0.15, -0.1) is 0 Å². The molecule has 1 aliphatic heterocycles. The fraction of sp³-hybridized carbons (Fsp3) is 0.951.